The van der Waals surface area contributed by atoms with Crippen molar-refractivity contribution in [3.05, 3.63) is 34.9 Å². The Hall–Kier alpha value is -1.15. The highest BCUT2D eigenvalue weighted by atomic mass is 16.1. The summed E-state index contributed by atoms with van der Waals surface area (Å²) in [5.41, 5.74) is 3.92. The highest BCUT2D eigenvalue weighted by Crippen LogP contribution is 2.27. The summed E-state index contributed by atoms with van der Waals surface area (Å²) in [5, 5.41) is 3.44. The van der Waals surface area contributed by atoms with Gasteiger partial charge in [-0.15, -0.1) is 0 Å². The molecule has 0 spiro atoms. The Bertz CT molecular complexity index is 486. The summed E-state index contributed by atoms with van der Waals surface area (Å²) in [5.74, 6) is 0.380. The van der Waals surface area contributed by atoms with Crippen molar-refractivity contribution >= 4 is 5.78 Å². The van der Waals surface area contributed by atoms with Crippen molar-refractivity contribution in [3.8, 4) is 0 Å². The van der Waals surface area contributed by atoms with Crippen molar-refractivity contribution in [1.29, 1.82) is 0 Å². The van der Waals surface area contributed by atoms with E-state index in [9.17, 15) is 4.79 Å². The molecule has 2 nitrogen and oxygen atoms in total. The predicted molar refractivity (Wildman–Crippen MR) is 77.4 cm³/mol. The van der Waals surface area contributed by atoms with Crippen LogP contribution in [0.15, 0.2) is 18.2 Å². The van der Waals surface area contributed by atoms with Crippen molar-refractivity contribution in [2.24, 2.45) is 0 Å². The average molecular weight is 257 g/mol. The Kier molecular flexibility index (Phi) is 3.44. The number of Topliss-reactive ketones (excluding diaryl/α,β-unsaturated/α-hetero) is 1. The molecule has 1 aromatic carbocycles. The lowest BCUT2D eigenvalue weighted by Gasteiger charge is -2.26. The summed E-state index contributed by atoms with van der Waals surface area (Å²) in [7, 11) is 0. The Morgan fingerprint density at radius 1 is 1.26 bits per heavy atom. The number of carbonyl (C=O) groups excluding carboxylic acids is 1. The minimum absolute atomic E-state index is 0.237. The van der Waals surface area contributed by atoms with E-state index >= 15 is 0 Å². The van der Waals surface area contributed by atoms with E-state index in [1.807, 2.05) is 0 Å². The van der Waals surface area contributed by atoms with Gasteiger partial charge >= 0.3 is 0 Å². The fourth-order valence-corrected chi connectivity index (χ4v) is 3.63. The Labute approximate surface area is 115 Å². The molecule has 0 saturated carbocycles. The third-order valence-electron chi connectivity index (χ3n) is 4.91. The van der Waals surface area contributed by atoms with Gasteiger partial charge in [0.2, 0.25) is 0 Å². The normalized spacial score (nSPS) is 25.5. The van der Waals surface area contributed by atoms with Gasteiger partial charge in [-0.1, -0.05) is 25.1 Å². The third-order valence-corrected chi connectivity index (χ3v) is 4.91. The summed E-state index contributed by atoms with van der Waals surface area (Å²) < 4.78 is 0. The minimum Gasteiger partial charge on any atom is -0.305 e. The summed E-state index contributed by atoms with van der Waals surface area (Å²) in [4.78, 5) is 12.6. The first-order chi connectivity index (χ1) is 9.23. The zero-order chi connectivity index (χ0) is 13.3. The first kappa shape index (κ1) is 12.9. The van der Waals surface area contributed by atoms with Crippen LogP contribution in [-0.4, -0.2) is 17.9 Å². The number of nitrogens with one attached hydrogen (secondary N) is 1. The second-order valence-corrected chi connectivity index (χ2v) is 6.02. The largest absolute Gasteiger partial charge is 0.305 e. The molecule has 1 heterocycles. The first-order valence-corrected chi connectivity index (χ1v) is 7.62. The van der Waals surface area contributed by atoms with Gasteiger partial charge in [-0.3, -0.25) is 4.79 Å². The van der Waals surface area contributed by atoms with Gasteiger partial charge in [0, 0.05) is 6.42 Å². The van der Waals surface area contributed by atoms with Crippen LogP contribution in [0.1, 0.15) is 49.3 Å². The zero-order valence-corrected chi connectivity index (χ0v) is 11.8. The molecule has 1 aromatic rings. The molecular weight excluding hydrogens is 234 g/mol. The lowest BCUT2D eigenvalue weighted by Crippen LogP contribution is -2.47. The summed E-state index contributed by atoms with van der Waals surface area (Å²) in [6.07, 6.45) is 7.31. The Morgan fingerprint density at radius 3 is 2.84 bits per heavy atom. The maximum Gasteiger partial charge on any atom is 0.157 e. The van der Waals surface area contributed by atoms with E-state index in [4.69, 9.17) is 0 Å². The zero-order valence-electron chi connectivity index (χ0n) is 11.8. The Balaban J connectivity index is 1.76. The molecule has 1 unspecified atom stereocenters. The van der Waals surface area contributed by atoms with Crippen molar-refractivity contribution < 1.29 is 4.79 Å². The van der Waals surface area contributed by atoms with Crippen LogP contribution in [-0.2, 0) is 24.1 Å². The number of hydrogen-bond acceptors (Lipinski definition) is 2. The monoisotopic (exact) mass is 257 g/mol. The van der Waals surface area contributed by atoms with Gasteiger partial charge in [-0.05, 0) is 61.8 Å². The van der Waals surface area contributed by atoms with Crippen LogP contribution in [0.3, 0.4) is 0 Å². The molecule has 0 aromatic heterocycles. The van der Waals surface area contributed by atoms with Gasteiger partial charge in [-0.2, -0.15) is 0 Å². The number of benzene rings is 1. The molecule has 102 valence electrons. The number of carbonyl (C=O) groups is 1. The highest BCUT2D eigenvalue weighted by Gasteiger charge is 2.38. The fraction of sp³-hybridized carbons (Fsp3) is 0.588. The molecule has 1 N–H and O–H groups in total. The van der Waals surface area contributed by atoms with E-state index in [1.54, 1.807) is 0 Å². The number of ketones is 1. The topological polar surface area (TPSA) is 29.1 Å². The maximum absolute atomic E-state index is 12.6. The summed E-state index contributed by atoms with van der Waals surface area (Å²) in [6.45, 7) is 3.11. The lowest BCUT2D eigenvalue weighted by molar-refractivity contribution is -0.124. The molecule has 0 bridgehead atoms. The van der Waals surface area contributed by atoms with Crippen LogP contribution in [0.5, 0.6) is 0 Å². The van der Waals surface area contributed by atoms with E-state index in [0.717, 1.165) is 25.8 Å². The van der Waals surface area contributed by atoms with Gasteiger partial charge < -0.3 is 5.32 Å². The highest BCUT2D eigenvalue weighted by molar-refractivity contribution is 5.90. The first-order valence-electron chi connectivity index (χ1n) is 7.62. The van der Waals surface area contributed by atoms with Crippen LogP contribution >= 0.6 is 0 Å². The number of rotatable bonds is 4. The van der Waals surface area contributed by atoms with E-state index in [1.165, 1.54) is 36.0 Å². The van der Waals surface area contributed by atoms with Crippen molar-refractivity contribution in [2.45, 2.75) is 57.4 Å². The minimum atomic E-state index is -0.237. The standard InChI is InChI=1S/C17H23NO/c1-2-17(9-4-10-18-17)16(19)12-13-7-8-14-5-3-6-15(14)11-13/h7-8,11,18H,2-6,9-10,12H2,1H3. The molecule has 0 amide bonds. The van der Waals surface area contributed by atoms with Crippen LogP contribution < -0.4 is 5.32 Å². The number of hydrogen-bond donors (Lipinski definition) is 1. The van der Waals surface area contributed by atoms with Crippen molar-refractivity contribution in [3.63, 3.8) is 0 Å². The molecule has 1 atom stereocenters. The molecule has 1 saturated heterocycles. The quantitative estimate of drug-likeness (QED) is 0.898. The predicted octanol–water partition coefficient (Wildman–Crippen LogP) is 2.82. The molecule has 2 aliphatic rings. The van der Waals surface area contributed by atoms with E-state index in [2.05, 4.69) is 30.4 Å². The van der Waals surface area contributed by atoms with Gasteiger partial charge in [0.15, 0.2) is 5.78 Å². The van der Waals surface area contributed by atoms with E-state index in [0.29, 0.717) is 12.2 Å². The van der Waals surface area contributed by atoms with E-state index in [-0.39, 0.29) is 5.54 Å². The van der Waals surface area contributed by atoms with Gasteiger partial charge in [0.25, 0.3) is 0 Å². The van der Waals surface area contributed by atoms with Gasteiger partial charge in [0.05, 0.1) is 5.54 Å². The fourth-order valence-electron chi connectivity index (χ4n) is 3.63. The molecule has 3 rings (SSSR count). The van der Waals surface area contributed by atoms with Gasteiger partial charge in [-0.25, -0.2) is 0 Å². The molecule has 1 fully saturated rings. The Morgan fingerprint density at radius 2 is 2.11 bits per heavy atom. The second kappa shape index (κ2) is 5.09. The smallest absolute Gasteiger partial charge is 0.157 e. The number of fused-ring (bicyclic) bond motifs is 1. The van der Waals surface area contributed by atoms with Crippen molar-refractivity contribution in [1.82, 2.24) is 5.32 Å². The van der Waals surface area contributed by atoms with Crippen LogP contribution in [0.25, 0.3) is 0 Å². The van der Waals surface area contributed by atoms with E-state index < -0.39 is 0 Å². The summed E-state index contributed by atoms with van der Waals surface area (Å²) in [6, 6.07) is 6.64. The molecule has 19 heavy (non-hydrogen) atoms. The average Bonchev–Trinajstić information content (AvgIpc) is 3.07. The molecular formula is C17H23NO. The van der Waals surface area contributed by atoms with Crippen LogP contribution in [0.4, 0.5) is 0 Å². The van der Waals surface area contributed by atoms with Crippen LogP contribution in [0.2, 0.25) is 0 Å². The number of aryl methyl sites for hydroxylation is 2. The summed E-state index contributed by atoms with van der Waals surface area (Å²) >= 11 is 0. The molecule has 0 radical (unpaired) electrons. The molecule has 1 aliphatic carbocycles. The molecule has 2 heteroatoms. The third kappa shape index (κ3) is 2.34. The van der Waals surface area contributed by atoms with Crippen molar-refractivity contribution in [2.75, 3.05) is 6.54 Å². The SMILES string of the molecule is CCC1(C(=O)Cc2ccc3c(c2)CCC3)CCCN1. The molecule has 1 aliphatic heterocycles. The maximum atomic E-state index is 12.6. The second-order valence-electron chi connectivity index (χ2n) is 6.02. The lowest BCUT2D eigenvalue weighted by atomic mass is 9.85. The van der Waals surface area contributed by atoms with Crippen LogP contribution in [0, 0.1) is 0 Å². The van der Waals surface area contributed by atoms with Gasteiger partial charge in [0.1, 0.15) is 0 Å².